The van der Waals surface area contributed by atoms with E-state index < -0.39 is 0 Å². The summed E-state index contributed by atoms with van der Waals surface area (Å²) in [6.07, 6.45) is 27.7. The van der Waals surface area contributed by atoms with Gasteiger partial charge in [0, 0.05) is 34.1 Å². The standard InChI is InChI=1S/C45H79N3O2S4/c1-9-11-13-15-17-19-21-23-25-27-29-51-31-33-53-42-46-41(50-37-35-38(44(3,4)5)40(49)39(36-37)45(6,7)8)47-43(48-42)54-34-32-52-30-28-26-24-22-20-18-16-14-12-10-2/h35-36,49H,9-34H2,1-8H3. The molecule has 0 saturated carbocycles. The van der Waals surface area contributed by atoms with Crippen molar-refractivity contribution in [3.8, 4) is 17.5 Å². The number of thioether (sulfide) groups is 4. The maximum atomic E-state index is 11.2. The smallest absolute Gasteiger partial charge is 0.327 e. The summed E-state index contributed by atoms with van der Waals surface area (Å²) in [5.74, 6) is 7.56. The Bertz CT molecular complexity index is 1160. The first-order valence-corrected chi connectivity index (χ1v) is 26.0. The molecule has 0 aliphatic heterocycles. The predicted octanol–water partition coefficient (Wildman–Crippen LogP) is 15.5. The van der Waals surface area contributed by atoms with E-state index in [1.54, 1.807) is 23.5 Å². The largest absolute Gasteiger partial charge is 0.507 e. The van der Waals surface area contributed by atoms with Crippen molar-refractivity contribution in [2.75, 3.05) is 34.5 Å². The molecule has 1 aromatic carbocycles. The first-order valence-electron chi connectivity index (χ1n) is 21.7. The van der Waals surface area contributed by atoms with Crippen LogP contribution in [-0.4, -0.2) is 54.6 Å². The molecule has 1 N–H and O–H groups in total. The summed E-state index contributed by atoms with van der Waals surface area (Å²) in [5, 5.41) is 12.7. The van der Waals surface area contributed by atoms with Crippen LogP contribution in [-0.2, 0) is 10.8 Å². The normalized spacial score (nSPS) is 12.1. The third-order valence-corrected chi connectivity index (χ3v) is 14.0. The van der Waals surface area contributed by atoms with Crippen LogP contribution in [0.4, 0.5) is 0 Å². The lowest BCUT2D eigenvalue weighted by Crippen LogP contribution is -2.17. The van der Waals surface area contributed by atoms with Gasteiger partial charge >= 0.3 is 6.01 Å². The van der Waals surface area contributed by atoms with Crippen molar-refractivity contribution in [2.24, 2.45) is 0 Å². The Morgan fingerprint density at radius 1 is 0.481 bits per heavy atom. The number of hydrogen-bond donors (Lipinski definition) is 1. The lowest BCUT2D eigenvalue weighted by atomic mass is 9.79. The minimum atomic E-state index is -0.248. The van der Waals surface area contributed by atoms with Gasteiger partial charge in [0.25, 0.3) is 0 Å². The highest BCUT2D eigenvalue weighted by Gasteiger charge is 2.27. The summed E-state index contributed by atoms with van der Waals surface area (Å²) in [7, 11) is 0. The predicted molar refractivity (Wildman–Crippen MR) is 245 cm³/mol. The number of aromatic hydroxyl groups is 1. The lowest BCUT2D eigenvalue weighted by Gasteiger charge is -2.27. The zero-order valence-electron chi connectivity index (χ0n) is 35.9. The highest BCUT2D eigenvalue weighted by molar-refractivity contribution is 8.03. The topological polar surface area (TPSA) is 68.1 Å². The molecule has 54 heavy (non-hydrogen) atoms. The van der Waals surface area contributed by atoms with Gasteiger partial charge in [0.05, 0.1) is 0 Å². The molecule has 0 bridgehead atoms. The van der Waals surface area contributed by atoms with Crippen molar-refractivity contribution in [1.82, 2.24) is 15.0 Å². The Hall–Kier alpha value is -0.770. The Morgan fingerprint density at radius 2 is 0.833 bits per heavy atom. The molecule has 1 heterocycles. The van der Waals surface area contributed by atoms with E-state index in [1.165, 1.54) is 140 Å². The molecule has 0 atom stereocenters. The first-order chi connectivity index (χ1) is 26.0. The van der Waals surface area contributed by atoms with Crippen LogP contribution in [0.2, 0.25) is 0 Å². The van der Waals surface area contributed by atoms with E-state index in [0.717, 1.165) is 44.5 Å². The second-order valence-corrected chi connectivity index (χ2v) is 21.5. The number of rotatable bonds is 32. The van der Waals surface area contributed by atoms with Crippen molar-refractivity contribution in [2.45, 2.75) is 205 Å². The molecule has 9 heteroatoms. The molecule has 0 amide bonds. The summed E-state index contributed by atoms with van der Waals surface area (Å²) in [4.78, 5) is 14.4. The summed E-state index contributed by atoms with van der Waals surface area (Å²) >= 11 is 7.50. The highest BCUT2D eigenvalue weighted by atomic mass is 32.2. The van der Waals surface area contributed by atoms with Gasteiger partial charge < -0.3 is 9.84 Å². The van der Waals surface area contributed by atoms with Crippen LogP contribution >= 0.6 is 47.0 Å². The number of phenolic OH excluding ortho intramolecular Hbond substituents is 1. The zero-order chi connectivity index (χ0) is 39.5. The Labute approximate surface area is 350 Å². The highest BCUT2D eigenvalue weighted by Crippen LogP contribution is 2.42. The van der Waals surface area contributed by atoms with Gasteiger partial charge in [-0.25, -0.2) is 0 Å². The number of aromatic nitrogens is 3. The number of ether oxygens (including phenoxy) is 1. The van der Waals surface area contributed by atoms with Gasteiger partial charge in [0.1, 0.15) is 11.5 Å². The molecule has 2 aromatic rings. The summed E-state index contributed by atoms with van der Waals surface area (Å²) in [6, 6.07) is 4.22. The van der Waals surface area contributed by atoms with E-state index in [1.807, 2.05) is 35.7 Å². The van der Waals surface area contributed by atoms with E-state index >= 15 is 0 Å². The maximum Gasteiger partial charge on any atom is 0.327 e. The SMILES string of the molecule is CCCCCCCCCCCCSCCSc1nc(Oc2cc(C(C)(C)C)c(O)c(C(C)(C)C)c2)nc(SCCSCCCCCCCCCCCC)n1. The van der Waals surface area contributed by atoms with E-state index in [4.69, 9.17) is 19.7 Å². The molecule has 0 saturated heterocycles. The summed E-state index contributed by atoms with van der Waals surface area (Å²) in [5.41, 5.74) is 1.23. The number of unbranched alkanes of at least 4 members (excludes halogenated alkanes) is 18. The number of nitrogens with zero attached hydrogens (tertiary/aromatic N) is 3. The lowest BCUT2D eigenvalue weighted by molar-refractivity contribution is 0.401. The summed E-state index contributed by atoms with van der Waals surface area (Å²) < 4.78 is 6.42. The molecule has 0 unspecified atom stereocenters. The third kappa shape index (κ3) is 22.8. The van der Waals surface area contributed by atoms with Crippen LogP contribution in [0.1, 0.15) is 195 Å². The molecule has 0 radical (unpaired) electrons. The van der Waals surface area contributed by atoms with Crippen LogP contribution in [0.25, 0.3) is 0 Å². The third-order valence-electron chi connectivity index (χ3n) is 9.68. The van der Waals surface area contributed by atoms with Gasteiger partial charge in [-0.2, -0.15) is 38.5 Å². The zero-order valence-corrected chi connectivity index (χ0v) is 39.1. The molecule has 5 nitrogen and oxygen atoms in total. The fourth-order valence-corrected chi connectivity index (χ4v) is 10.2. The molecule has 0 aliphatic carbocycles. The van der Waals surface area contributed by atoms with Crippen molar-refractivity contribution in [3.05, 3.63) is 23.3 Å². The molecular formula is C45H79N3O2S4. The number of phenols is 1. The van der Waals surface area contributed by atoms with Gasteiger partial charge in [-0.05, 0) is 47.3 Å². The van der Waals surface area contributed by atoms with Crippen molar-refractivity contribution >= 4 is 47.0 Å². The van der Waals surface area contributed by atoms with Crippen molar-refractivity contribution in [1.29, 1.82) is 0 Å². The molecule has 0 spiro atoms. The second kappa shape index (κ2) is 29.4. The van der Waals surface area contributed by atoms with Gasteiger partial charge in [0.15, 0.2) is 10.3 Å². The maximum absolute atomic E-state index is 11.2. The monoisotopic (exact) mass is 822 g/mol. The van der Waals surface area contributed by atoms with Crippen LogP contribution in [0.5, 0.6) is 17.5 Å². The molecular weight excluding hydrogens is 743 g/mol. The van der Waals surface area contributed by atoms with Gasteiger partial charge in [-0.15, -0.1) is 0 Å². The Kier molecular flexibility index (Phi) is 26.9. The van der Waals surface area contributed by atoms with E-state index in [-0.39, 0.29) is 10.8 Å². The van der Waals surface area contributed by atoms with Crippen LogP contribution < -0.4 is 4.74 Å². The van der Waals surface area contributed by atoms with Gasteiger partial charge in [0.2, 0.25) is 0 Å². The Morgan fingerprint density at radius 3 is 1.19 bits per heavy atom. The number of hydrogen-bond acceptors (Lipinski definition) is 9. The van der Waals surface area contributed by atoms with Crippen molar-refractivity contribution in [3.63, 3.8) is 0 Å². The van der Waals surface area contributed by atoms with Crippen LogP contribution in [0, 0.1) is 0 Å². The average molecular weight is 822 g/mol. The second-order valence-electron chi connectivity index (χ2n) is 16.9. The molecule has 0 aliphatic rings. The van der Waals surface area contributed by atoms with Crippen molar-refractivity contribution < 1.29 is 9.84 Å². The van der Waals surface area contributed by atoms with Gasteiger partial charge in [-0.3, -0.25) is 0 Å². The fraction of sp³-hybridized carbons (Fsp3) is 0.800. The number of benzene rings is 1. The Balaban J connectivity index is 1.91. The minimum absolute atomic E-state index is 0.248. The summed E-state index contributed by atoms with van der Waals surface area (Å²) in [6.45, 7) is 17.3. The van der Waals surface area contributed by atoms with Crippen LogP contribution in [0.3, 0.4) is 0 Å². The quantitative estimate of drug-likeness (QED) is 0.0574. The van der Waals surface area contributed by atoms with E-state index in [0.29, 0.717) is 17.5 Å². The van der Waals surface area contributed by atoms with E-state index in [9.17, 15) is 5.11 Å². The average Bonchev–Trinajstić information content (AvgIpc) is 3.11. The molecule has 0 fully saturated rings. The minimum Gasteiger partial charge on any atom is -0.507 e. The molecule has 1 aromatic heterocycles. The van der Waals surface area contributed by atoms with E-state index in [2.05, 4.69) is 55.4 Å². The van der Waals surface area contributed by atoms with Gasteiger partial charge in [-0.1, -0.05) is 194 Å². The van der Waals surface area contributed by atoms with Crippen LogP contribution in [0.15, 0.2) is 22.4 Å². The first kappa shape index (κ1) is 49.4. The fourth-order valence-electron chi connectivity index (χ4n) is 6.38. The molecule has 2 rings (SSSR count). The molecule has 310 valence electrons.